The second-order valence-electron chi connectivity index (χ2n) is 6.07. The molecule has 1 atom stereocenters. The molecule has 26 heavy (non-hydrogen) atoms. The molecule has 1 aromatic carbocycles. The summed E-state index contributed by atoms with van der Waals surface area (Å²) < 4.78 is 10.7. The van der Waals surface area contributed by atoms with Crippen LogP contribution in [0.15, 0.2) is 34.9 Å². The molecule has 1 heterocycles. The Morgan fingerprint density at radius 1 is 1.23 bits per heavy atom. The molecule has 2 amide bonds. The number of nitrogens with zero attached hydrogens (tertiary/aromatic N) is 1. The molecule has 0 saturated heterocycles. The molecule has 7 nitrogen and oxygen atoms in total. The number of anilines is 1. The SMILES string of the molecule is CCCC(=O)Nc1ccc(OCc2cc(C(=O)NC(C)CC)no2)cc1. The van der Waals surface area contributed by atoms with Crippen molar-refractivity contribution in [2.75, 3.05) is 5.32 Å². The lowest BCUT2D eigenvalue weighted by atomic mass is 10.2. The number of ether oxygens (including phenoxy) is 1. The van der Waals surface area contributed by atoms with Gasteiger partial charge >= 0.3 is 0 Å². The van der Waals surface area contributed by atoms with E-state index in [1.165, 1.54) is 0 Å². The van der Waals surface area contributed by atoms with Gasteiger partial charge in [0, 0.05) is 24.2 Å². The smallest absolute Gasteiger partial charge is 0.273 e. The van der Waals surface area contributed by atoms with Gasteiger partial charge in [-0.15, -0.1) is 0 Å². The van der Waals surface area contributed by atoms with Crippen LogP contribution in [0.5, 0.6) is 5.75 Å². The third-order valence-electron chi connectivity index (χ3n) is 3.78. The van der Waals surface area contributed by atoms with Crippen molar-refractivity contribution in [1.82, 2.24) is 10.5 Å². The van der Waals surface area contributed by atoms with Crippen LogP contribution in [0, 0.1) is 0 Å². The van der Waals surface area contributed by atoms with E-state index < -0.39 is 0 Å². The molecule has 0 radical (unpaired) electrons. The van der Waals surface area contributed by atoms with Gasteiger partial charge in [-0.05, 0) is 44.0 Å². The Hall–Kier alpha value is -2.83. The molecule has 2 aromatic rings. The molecule has 0 aliphatic heterocycles. The van der Waals surface area contributed by atoms with Crippen LogP contribution < -0.4 is 15.4 Å². The van der Waals surface area contributed by atoms with Gasteiger partial charge in [-0.1, -0.05) is 19.0 Å². The minimum absolute atomic E-state index is 0.00831. The lowest BCUT2D eigenvalue weighted by Crippen LogP contribution is -2.32. The van der Waals surface area contributed by atoms with Crippen LogP contribution in [0.25, 0.3) is 0 Å². The minimum Gasteiger partial charge on any atom is -0.486 e. The Kier molecular flexibility index (Phi) is 7.20. The molecule has 2 N–H and O–H groups in total. The van der Waals surface area contributed by atoms with Gasteiger partial charge in [0.25, 0.3) is 5.91 Å². The third-order valence-corrected chi connectivity index (χ3v) is 3.78. The van der Waals surface area contributed by atoms with Gasteiger partial charge in [-0.2, -0.15) is 0 Å². The summed E-state index contributed by atoms with van der Waals surface area (Å²) in [6, 6.07) is 8.71. The van der Waals surface area contributed by atoms with Crippen LogP contribution in [0.2, 0.25) is 0 Å². The highest BCUT2D eigenvalue weighted by atomic mass is 16.5. The summed E-state index contributed by atoms with van der Waals surface area (Å²) in [6.07, 6.45) is 2.15. The zero-order valence-corrected chi connectivity index (χ0v) is 15.4. The number of aromatic nitrogens is 1. The van der Waals surface area contributed by atoms with Crippen molar-refractivity contribution in [2.24, 2.45) is 0 Å². The molecule has 1 aromatic heterocycles. The summed E-state index contributed by atoms with van der Waals surface area (Å²) >= 11 is 0. The Balaban J connectivity index is 1.85. The number of carbonyl (C=O) groups is 2. The fourth-order valence-electron chi connectivity index (χ4n) is 2.13. The van der Waals surface area contributed by atoms with Crippen LogP contribution in [0.3, 0.4) is 0 Å². The lowest BCUT2D eigenvalue weighted by molar-refractivity contribution is -0.116. The summed E-state index contributed by atoms with van der Waals surface area (Å²) in [5.74, 6) is 0.813. The van der Waals surface area contributed by atoms with Crippen LogP contribution in [-0.2, 0) is 11.4 Å². The summed E-state index contributed by atoms with van der Waals surface area (Å²) in [4.78, 5) is 23.5. The van der Waals surface area contributed by atoms with E-state index in [4.69, 9.17) is 9.26 Å². The maximum absolute atomic E-state index is 12.0. The van der Waals surface area contributed by atoms with Crippen molar-refractivity contribution >= 4 is 17.5 Å². The average Bonchev–Trinajstić information content (AvgIpc) is 3.10. The van der Waals surface area contributed by atoms with E-state index in [0.717, 1.165) is 18.5 Å². The first-order valence-corrected chi connectivity index (χ1v) is 8.81. The molecule has 0 fully saturated rings. The maximum Gasteiger partial charge on any atom is 0.273 e. The van der Waals surface area contributed by atoms with Crippen LogP contribution >= 0.6 is 0 Å². The summed E-state index contributed by atoms with van der Waals surface area (Å²) in [5, 5.41) is 9.40. The average molecular weight is 359 g/mol. The van der Waals surface area contributed by atoms with E-state index in [0.29, 0.717) is 17.9 Å². The monoisotopic (exact) mass is 359 g/mol. The predicted molar refractivity (Wildman–Crippen MR) is 98.0 cm³/mol. The quantitative estimate of drug-likeness (QED) is 0.714. The molecule has 140 valence electrons. The van der Waals surface area contributed by atoms with Gasteiger partial charge in [-0.25, -0.2) is 0 Å². The van der Waals surface area contributed by atoms with Gasteiger partial charge in [-0.3, -0.25) is 9.59 Å². The molecule has 7 heteroatoms. The fraction of sp³-hybridized carbons (Fsp3) is 0.421. The van der Waals surface area contributed by atoms with Crippen LogP contribution in [0.4, 0.5) is 5.69 Å². The van der Waals surface area contributed by atoms with Crippen molar-refractivity contribution in [2.45, 2.75) is 52.7 Å². The number of hydrogen-bond acceptors (Lipinski definition) is 5. The summed E-state index contributed by atoms with van der Waals surface area (Å²) in [7, 11) is 0. The Morgan fingerprint density at radius 2 is 1.96 bits per heavy atom. The van der Waals surface area contributed by atoms with Crippen molar-refractivity contribution < 1.29 is 18.8 Å². The van der Waals surface area contributed by atoms with Crippen molar-refractivity contribution in [1.29, 1.82) is 0 Å². The highest BCUT2D eigenvalue weighted by Gasteiger charge is 2.14. The van der Waals surface area contributed by atoms with Gasteiger partial charge in [0.05, 0.1) is 0 Å². The fourth-order valence-corrected chi connectivity index (χ4v) is 2.13. The normalized spacial score (nSPS) is 11.7. The van der Waals surface area contributed by atoms with Gasteiger partial charge in [0.2, 0.25) is 5.91 Å². The van der Waals surface area contributed by atoms with E-state index in [1.807, 2.05) is 20.8 Å². The van der Waals surface area contributed by atoms with Crippen molar-refractivity contribution in [3.8, 4) is 5.75 Å². The molecule has 1 unspecified atom stereocenters. The Morgan fingerprint density at radius 3 is 2.62 bits per heavy atom. The molecule has 0 aliphatic carbocycles. The minimum atomic E-state index is -0.262. The number of nitrogens with one attached hydrogen (secondary N) is 2. The largest absolute Gasteiger partial charge is 0.486 e. The van der Waals surface area contributed by atoms with E-state index in [-0.39, 0.29) is 30.2 Å². The Bertz CT molecular complexity index is 725. The number of amides is 2. The molecule has 0 saturated carbocycles. The van der Waals surface area contributed by atoms with E-state index in [9.17, 15) is 9.59 Å². The first-order valence-electron chi connectivity index (χ1n) is 8.81. The lowest BCUT2D eigenvalue weighted by Gasteiger charge is -2.08. The zero-order chi connectivity index (χ0) is 18.9. The molecule has 0 bridgehead atoms. The predicted octanol–water partition coefficient (Wildman–Crippen LogP) is 3.52. The van der Waals surface area contributed by atoms with Crippen LogP contribution in [0.1, 0.15) is 56.3 Å². The third kappa shape index (κ3) is 5.91. The molecule has 0 aliphatic rings. The molecular weight excluding hydrogens is 334 g/mol. The summed E-state index contributed by atoms with van der Waals surface area (Å²) in [5.41, 5.74) is 0.956. The number of benzene rings is 1. The first-order chi connectivity index (χ1) is 12.5. The standard InChI is InChI=1S/C19H25N3O4/c1-4-6-18(23)21-14-7-9-15(10-8-14)25-12-16-11-17(22-26-16)19(24)20-13(3)5-2/h7-11,13H,4-6,12H2,1-3H3,(H,20,24)(H,21,23). The van der Waals surface area contributed by atoms with Crippen LogP contribution in [-0.4, -0.2) is 23.0 Å². The van der Waals surface area contributed by atoms with Crippen molar-refractivity contribution in [3.05, 3.63) is 41.8 Å². The van der Waals surface area contributed by atoms with Gasteiger partial charge in [0.15, 0.2) is 11.5 Å². The molecule has 0 spiro atoms. The van der Waals surface area contributed by atoms with E-state index in [1.54, 1.807) is 30.3 Å². The van der Waals surface area contributed by atoms with Gasteiger partial charge in [0.1, 0.15) is 12.4 Å². The summed E-state index contributed by atoms with van der Waals surface area (Å²) in [6.45, 7) is 6.04. The second kappa shape index (κ2) is 9.60. The van der Waals surface area contributed by atoms with E-state index >= 15 is 0 Å². The second-order valence-corrected chi connectivity index (χ2v) is 6.07. The van der Waals surface area contributed by atoms with Gasteiger partial charge < -0.3 is 19.9 Å². The highest BCUT2D eigenvalue weighted by Crippen LogP contribution is 2.17. The first kappa shape index (κ1) is 19.5. The molecule has 2 rings (SSSR count). The highest BCUT2D eigenvalue weighted by molar-refractivity contribution is 5.92. The molecular formula is C19H25N3O4. The number of carbonyl (C=O) groups excluding carboxylic acids is 2. The van der Waals surface area contributed by atoms with E-state index in [2.05, 4.69) is 15.8 Å². The topological polar surface area (TPSA) is 93.5 Å². The van der Waals surface area contributed by atoms with Crippen molar-refractivity contribution in [3.63, 3.8) is 0 Å². The zero-order valence-electron chi connectivity index (χ0n) is 15.4. The Labute approximate surface area is 153 Å². The number of hydrogen-bond donors (Lipinski definition) is 2. The maximum atomic E-state index is 12.0. The number of rotatable bonds is 9.